The molecule has 0 spiro atoms. The van der Waals surface area contributed by atoms with Crippen molar-refractivity contribution in [2.45, 2.75) is 25.3 Å². The molecule has 1 aliphatic carbocycles. The van der Waals surface area contributed by atoms with Crippen LogP contribution in [-0.2, 0) is 0 Å². The number of rotatable bonds is 2. The van der Waals surface area contributed by atoms with Crippen molar-refractivity contribution in [2.75, 3.05) is 0 Å². The van der Waals surface area contributed by atoms with Crippen molar-refractivity contribution in [3.05, 3.63) is 29.0 Å². The molecule has 1 atom stereocenters. The normalized spacial score (nSPS) is 18.1. The molecule has 0 amide bonds. The van der Waals surface area contributed by atoms with Crippen LogP contribution in [0.4, 0.5) is 0 Å². The minimum Gasteiger partial charge on any atom is -0.324 e. The quantitative estimate of drug-likeness (QED) is 0.797. The van der Waals surface area contributed by atoms with Crippen LogP contribution in [0.1, 0.15) is 30.9 Å². The Morgan fingerprint density at radius 2 is 2.21 bits per heavy atom. The SMILES string of the molecule is Cl.N[C@H](c1cccnc1Cl)C1CCC1. The third-order valence-electron chi connectivity index (χ3n) is 2.80. The summed E-state index contributed by atoms with van der Waals surface area (Å²) in [5.41, 5.74) is 7.07. The Hall–Kier alpha value is -0.310. The van der Waals surface area contributed by atoms with Gasteiger partial charge in [-0.15, -0.1) is 12.4 Å². The van der Waals surface area contributed by atoms with E-state index in [9.17, 15) is 0 Å². The topological polar surface area (TPSA) is 38.9 Å². The van der Waals surface area contributed by atoms with E-state index in [1.54, 1.807) is 6.20 Å². The maximum Gasteiger partial charge on any atom is 0.133 e. The molecule has 1 heterocycles. The first kappa shape index (κ1) is 11.8. The molecule has 2 nitrogen and oxygen atoms in total. The average molecular weight is 233 g/mol. The summed E-state index contributed by atoms with van der Waals surface area (Å²) in [5, 5.41) is 0.557. The Labute approximate surface area is 95.3 Å². The van der Waals surface area contributed by atoms with Crippen molar-refractivity contribution in [2.24, 2.45) is 11.7 Å². The van der Waals surface area contributed by atoms with Crippen LogP contribution in [0.15, 0.2) is 18.3 Å². The Morgan fingerprint density at radius 1 is 1.50 bits per heavy atom. The number of pyridine rings is 1. The van der Waals surface area contributed by atoms with Gasteiger partial charge >= 0.3 is 0 Å². The molecular weight excluding hydrogens is 219 g/mol. The molecule has 1 saturated carbocycles. The van der Waals surface area contributed by atoms with Crippen LogP contribution in [0, 0.1) is 5.92 Å². The molecule has 0 radical (unpaired) electrons. The summed E-state index contributed by atoms with van der Waals surface area (Å²) >= 11 is 5.95. The summed E-state index contributed by atoms with van der Waals surface area (Å²) in [4.78, 5) is 4.03. The van der Waals surface area contributed by atoms with Crippen molar-refractivity contribution in [3.63, 3.8) is 0 Å². The smallest absolute Gasteiger partial charge is 0.133 e. The van der Waals surface area contributed by atoms with Gasteiger partial charge in [-0.2, -0.15) is 0 Å². The molecule has 0 saturated heterocycles. The van der Waals surface area contributed by atoms with Crippen molar-refractivity contribution in [3.8, 4) is 0 Å². The first-order chi connectivity index (χ1) is 6.29. The van der Waals surface area contributed by atoms with Gasteiger partial charge in [0.2, 0.25) is 0 Å². The summed E-state index contributed by atoms with van der Waals surface area (Å²) in [7, 11) is 0. The van der Waals surface area contributed by atoms with E-state index in [1.165, 1.54) is 19.3 Å². The highest BCUT2D eigenvalue weighted by molar-refractivity contribution is 6.30. The fourth-order valence-corrected chi connectivity index (χ4v) is 1.95. The summed E-state index contributed by atoms with van der Waals surface area (Å²) in [5.74, 6) is 0.613. The standard InChI is InChI=1S/C10H13ClN2.ClH/c11-10-8(5-2-6-13-10)9(12)7-3-1-4-7;/h2,5-7,9H,1,3-4,12H2;1H/t9-;/m0./s1. The van der Waals surface area contributed by atoms with Crippen molar-refractivity contribution in [1.82, 2.24) is 4.98 Å². The number of nitrogens with zero attached hydrogens (tertiary/aromatic N) is 1. The number of halogens is 2. The third-order valence-corrected chi connectivity index (χ3v) is 3.12. The maximum absolute atomic E-state index is 6.08. The number of hydrogen-bond acceptors (Lipinski definition) is 2. The minimum absolute atomic E-state index is 0. The molecule has 78 valence electrons. The molecule has 2 N–H and O–H groups in total. The largest absolute Gasteiger partial charge is 0.324 e. The van der Waals surface area contributed by atoms with Gasteiger partial charge in [0.1, 0.15) is 5.15 Å². The van der Waals surface area contributed by atoms with Gasteiger partial charge in [-0.05, 0) is 24.8 Å². The lowest BCUT2D eigenvalue weighted by atomic mass is 9.78. The second-order valence-electron chi connectivity index (χ2n) is 3.60. The van der Waals surface area contributed by atoms with Crippen LogP contribution in [-0.4, -0.2) is 4.98 Å². The molecule has 1 aromatic heterocycles. The van der Waals surface area contributed by atoms with E-state index in [-0.39, 0.29) is 18.4 Å². The van der Waals surface area contributed by atoms with Crippen LogP contribution in [0.3, 0.4) is 0 Å². The van der Waals surface area contributed by atoms with Gasteiger partial charge < -0.3 is 5.73 Å². The summed E-state index contributed by atoms with van der Waals surface area (Å²) in [6.45, 7) is 0. The first-order valence-electron chi connectivity index (χ1n) is 4.65. The summed E-state index contributed by atoms with van der Waals surface area (Å²) < 4.78 is 0. The van der Waals surface area contributed by atoms with Crippen molar-refractivity contribution in [1.29, 1.82) is 0 Å². The fourth-order valence-electron chi connectivity index (χ4n) is 1.70. The fraction of sp³-hybridized carbons (Fsp3) is 0.500. The van der Waals surface area contributed by atoms with E-state index >= 15 is 0 Å². The van der Waals surface area contributed by atoms with Crippen LogP contribution in [0.25, 0.3) is 0 Å². The van der Waals surface area contributed by atoms with E-state index in [0.29, 0.717) is 11.1 Å². The molecule has 0 bridgehead atoms. The van der Waals surface area contributed by atoms with Crippen LogP contribution >= 0.6 is 24.0 Å². The van der Waals surface area contributed by atoms with Crippen molar-refractivity contribution < 1.29 is 0 Å². The van der Waals surface area contributed by atoms with Crippen LogP contribution in [0.5, 0.6) is 0 Å². The Balaban J connectivity index is 0.000000980. The van der Waals surface area contributed by atoms with Gasteiger partial charge in [-0.3, -0.25) is 0 Å². The zero-order valence-corrected chi connectivity index (χ0v) is 9.39. The van der Waals surface area contributed by atoms with Crippen molar-refractivity contribution >= 4 is 24.0 Å². The lowest BCUT2D eigenvalue weighted by molar-refractivity contribution is 0.264. The van der Waals surface area contributed by atoms with Gasteiger partial charge in [0.25, 0.3) is 0 Å². The molecule has 4 heteroatoms. The molecule has 1 aromatic rings. The number of aromatic nitrogens is 1. The molecule has 2 rings (SSSR count). The van der Waals surface area contributed by atoms with Crippen LogP contribution in [0.2, 0.25) is 5.15 Å². The minimum atomic E-state index is 0. The second-order valence-corrected chi connectivity index (χ2v) is 3.96. The average Bonchev–Trinajstić information content (AvgIpc) is 2.01. The molecule has 1 fully saturated rings. The highest BCUT2D eigenvalue weighted by Crippen LogP contribution is 2.37. The predicted octanol–water partition coefficient (Wildman–Crippen LogP) is 2.96. The highest BCUT2D eigenvalue weighted by atomic mass is 35.5. The molecule has 0 aliphatic heterocycles. The van der Waals surface area contributed by atoms with Gasteiger partial charge in [0, 0.05) is 17.8 Å². The molecule has 1 aliphatic rings. The first-order valence-corrected chi connectivity index (χ1v) is 5.03. The molecule has 14 heavy (non-hydrogen) atoms. The highest BCUT2D eigenvalue weighted by Gasteiger charge is 2.26. The van der Waals surface area contributed by atoms with Gasteiger partial charge in [0.05, 0.1) is 0 Å². The molecule has 0 unspecified atom stereocenters. The number of nitrogens with two attached hydrogens (primary N) is 1. The maximum atomic E-state index is 6.08. The van der Waals surface area contributed by atoms with E-state index in [0.717, 1.165) is 5.56 Å². The monoisotopic (exact) mass is 232 g/mol. The van der Waals surface area contributed by atoms with E-state index in [1.807, 2.05) is 12.1 Å². The van der Waals surface area contributed by atoms with Gasteiger partial charge in [0.15, 0.2) is 0 Å². The van der Waals surface area contributed by atoms with E-state index < -0.39 is 0 Å². The number of hydrogen-bond donors (Lipinski definition) is 1. The third kappa shape index (κ3) is 2.19. The lowest BCUT2D eigenvalue weighted by Crippen LogP contribution is -2.27. The zero-order chi connectivity index (χ0) is 9.26. The Morgan fingerprint density at radius 3 is 2.71 bits per heavy atom. The Kier molecular flexibility index (Phi) is 4.17. The summed E-state index contributed by atoms with van der Waals surface area (Å²) in [6.07, 6.45) is 5.45. The van der Waals surface area contributed by atoms with E-state index in [2.05, 4.69) is 4.98 Å². The molecular formula is C10H14Cl2N2. The lowest BCUT2D eigenvalue weighted by Gasteiger charge is -2.31. The Bertz CT molecular complexity index is 300. The van der Waals surface area contributed by atoms with Gasteiger partial charge in [-0.1, -0.05) is 24.1 Å². The summed E-state index contributed by atoms with van der Waals surface area (Å²) in [6, 6.07) is 3.94. The molecule has 0 aromatic carbocycles. The predicted molar refractivity (Wildman–Crippen MR) is 60.8 cm³/mol. The van der Waals surface area contributed by atoms with Gasteiger partial charge in [-0.25, -0.2) is 4.98 Å². The zero-order valence-electron chi connectivity index (χ0n) is 7.82. The van der Waals surface area contributed by atoms with E-state index in [4.69, 9.17) is 17.3 Å². The van der Waals surface area contributed by atoms with Crippen LogP contribution < -0.4 is 5.73 Å². The second kappa shape index (κ2) is 4.96.